The molecule has 3 heterocycles. The highest BCUT2D eigenvalue weighted by molar-refractivity contribution is 6.35. The Morgan fingerprint density at radius 3 is 2.45 bits per heavy atom. The first-order valence-electron chi connectivity index (χ1n) is 9.38. The zero-order chi connectivity index (χ0) is 21.0. The van der Waals surface area contributed by atoms with Crippen LogP contribution >= 0.6 is 23.2 Å². The molecule has 0 unspecified atom stereocenters. The second-order valence-electron chi connectivity index (χ2n) is 7.28. The summed E-state index contributed by atoms with van der Waals surface area (Å²) in [6.07, 6.45) is 2.80. The standard InChI is InChI=1S/C20H21Cl2N5O2/c1-5-11(2)27-12(3)9-25-16-17(23-19(25)27)24(4)20(29)26(18(16)28)10-13-14(21)7-6-8-15(13)22/h6-9,11H,5,10H2,1-4H3/t11-/m1/s1. The molecule has 4 aromatic rings. The minimum Gasteiger partial charge on any atom is -0.311 e. The van der Waals surface area contributed by atoms with Crippen molar-refractivity contribution in [2.45, 2.75) is 39.8 Å². The van der Waals surface area contributed by atoms with Crippen molar-refractivity contribution >= 4 is 40.1 Å². The number of rotatable bonds is 4. The van der Waals surface area contributed by atoms with E-state index in [9.17, 15) is 9.59 Å². The Bertz CT molecular complexity index is 1360. The molecule has 0 aliphatic carbocycles. The van der Waals surface area contributed by atoms with Crippen molar-refractivity contribution in [3.05, 3.63) is 66.5 Å². The minimum atomic E-state index is -0.467. The Labute approximate surface area is 176 Å². The molecule has 0 fully saturated rings. The van der Waals surface area contributed by atoms with Gasteiger partial charge in [0.25, 0.3) is 5.56 Å². The van der Waals surface area contributed by atoms with Crippen LogP contribution in [0.3, 0.4) is 0 Å². The van der Waals surface area contributed by atoms with Crippen LogP contribution in [0.15, 0.2) is 34.0 Å². The van der Waals surface area contributed by atoms with Crippen molar-refractivity contribution in [2.24, 2.45) is 7.05 Å². The summed E-state index contributed by atoms with van der Waals surface area (Å²) >= 11 is 12.5. The first kappa shape index (κ1) is 19.8. The zero-order valence-corrected chi connectivity index (χ0v) is 18.1. The molecular formula is C20H21Cl2N5O2. The Kier molecular flexibility index (Phi) is 4.83. The lowest BCUT2D eigenvalue weighted by Crippen LogP contribution is -2.39. The van der Waals surface area contributed by atoms with Gasteiger partial charge in [-0.15, -0.1) is 0 Å². The highest BCUT2D eigenvalue weighted by Crippen LogP contribution is 2.25. The number of benzene rings is 1. The molecule has 0 spiro atoms. The normalized spacial score (nSPS) is 12.9. The largest absolute Gasteiger partial charge is 0.332 e. The van der Waals surface area contributed by atoms with E-state index in [1.807, 2.05) is 13.1 Å². The van der Waals surface area contributed by atoms with Gasteiger partial charge in [0.15, 0.2) is 11.2 Å². The van der Waals surface area contributed by atoms with E-state index < -0.39 is 11.2 Å². The predicted octanol–water partition coefficient (Wildman–Crippen LogP) is 3.78. The number of hydrogen-bond donors (Lipinski definition) is 0. The number of imidazole rings is 2. The van der Waals surface area contributed by atoms with Gasteiger partial charge in [0.05, 0.1) is 6.54 Å². The van der Waals surface area contributed by atoms with Crippen molar-refractivity contribution in [1.29, 1.82) is 0 Å². The molecule has 0 amide bonds. The highest BCUT2D eigenvalue weighted by atomic mass is 35.5. The van der Waals surface area contributed by atoms with Gasteiger partial charge in [-0.1, -0.05) is 36.2 Å². The van der Waals surface area contributed by atoms with Gasteiger partial charge in [0.2, 0.25) is 5.78 Å². The average Bonchev–Trinajstić information content (AvgIpc) is 3.19. The molecule has 9 heteroatoms. The molecule has 7 nitrogen and oxygen atoms in total. The molecule has 29 heavy (non-hydrogen) atoms. The maximum absolute atomic E-state index is 13.4. The highest BCUT2D eigenvalue weighted by Gasteiger charge is 2.22. The van der Waals surface area contributed by atoms with E-state index in [0.29, 0.717) is 32.6 Å². The fourth-order valence-electron chi connectivity index (χ4n) is 3.74. The Morgan fingerprint density at radius 1 is 1.17 bits per heavy atom. The topological polar surface area (TPSA) is 66.2 Å². The first-order chi connectivity index (χ1) is 13.8. The van der Waals surface area contributed by atoms with Crippen molar-refractivity contribution in [2.75, 3.05) is 0 Å². The van der Waals surface area contributed by atoms with Gasteiger partial charge in [-0.25, -0.2) is 4.79 Å². The average molecular weight is 434 g/mol. The molecule has 0 bridgehead atoms. The maximum Gasteiger partial charge on any atom is 0.332 e. The summed E-state index contributed by atoms with van der Waals surface area (Å²) in [5.41, 5.74) is 1.35. The van der Waals surface area contributed by atoms with Crippen LogP contribution in [0.4, 0.5) is 0 Å². The van der Waals surface area contributed by atoms with Gasteiger partial charge < -0.3 is 4.57 Å². The summed E-state index contributed by atoms with van der Waals surface area (Å²) in [7, 11) is 1.61. The number of halogens is 2. The summed E-state index contributed by atoms with van der Waals surface area (Å²) in [5, 5.41) is 0.812. The number of hydrogen-bond acceptors (Lipinski definition) is 3. The van der Waals surface area contributed by atoms with E-state index in [0.717, 1.165) is 16.7 Å². The van der Waals surface area contributed by atoms with Gasteiger partial charge in [-0.05, 0) is 32.4 Å². The SMILES string of the molecule is CC[C@@H](C)n1c(C)cn2c3c(=O)n(Cc4c(Cl)cccc4Cl)c(=O)n(C)c3nc12. The minimum absolute atomic E-state index is 0.0156. The molecule has 0 radical (unpaired) electrons. The molecule has 152 valence electrons. The molecule has 0 saturated heterocycles. The number of aromatic nitrogens is 5. The second kappa shape index (κ2) is 7.07. The van der Waals surface area contributed by atoms with Crippen LogP contribution in [-0.2, 0) is 13.6 Å². The molecule has 4 rings (SSSR count). The van der Waals surface area contributed by atoms with Crippen LogP contribution in [0, 0.1) is 6.92 Å². The Hall–Kier alpha value is -2.51. The molecular weight excluding hydrogens is 413 g/mol. The number of aryl methyl sites for hydroxylation is 2. The monoisotopic (exact) mass is 433 g/mol. The first-order valence-corrected chi connectivity index (χ1v) is 10.1. The van der Waals surface area contributed by atoms with E-state index >= 15 is 0 Å². The van der Waals surface area contributed by atoms with E-state index in [1.54, 1.807) is 29.6 Å². The van der Waals surface area contributed by atoms with E-state index in [-0.39, 0.29) is 12.6 Å². The van der Waals surface area contributed by atoms with Gasteiger partial charge in [0.1, 0.15) is 0 Å². The van der Waals surface area contributed by atoms with E-state index in [4.69, 9.17) is 23.2 Å². The molecule has 3 aromatic heterocycles. The summed E-state index contributed by atoms with van der Waals surface area (Å²) < 4.78 is 6.40. The lowest BCUT2D eigenvalue weighted by molar-refractivity contribution is 0.532. The van der Waals surface area contributed by atoms with Gasteiger partial charge in [0, 0.05) is 40.6 Å². The molecule has 1 atom stereocenters. The van der Waals surface area contributed by atoms with Gasteiger partial charge in [-0.3, -0.25) is 18.3 Å². The molecule has 0 N–H and O–H groups in total. The van der Waals surface area contributed by atoms with E-state index in [1.165, 1.54) is 4.57 Å². The fraction of sp³-hybridized carbons (Fsp3) is 0.350. The maximum atomic E-state index is 13.4. The third-order valence-electron chi connectivity index (χ3n) is 5.48. The van der Waals surface area contributed by atoms with Crippen LogP contribution in [0.1, 0.15) is 37.6 Å². The van der Waals surface area contributed by atoms with Crippen molar-refractivity contribution in [1.82, 2.24) is 23.1 Å². The van der Waals surface area contributed by atoms with Crippen molar-refractivity contribution < 1.29 is 0 Å². The number of nitrogens with zero attached hydrogens (tertiary/aromatic N) is 5. The van der Waals surface area contributed by atoms with E-state index in [2.05, 4.69) is 23.4 Å². The smallest absolute Gasteiger partial charge is 0.311 e. The second-order valence-corrected chi connectivity index (χ2v) is 8.10. The Morgan fingerprint density at radius 2 is 1.83 bits per heavy atom. The Balaban J connectivity index is 2.04. The van der Waals surface area contributed by atoms with Crippen LogP contribution in [0.25, 0.3) is 16.9 Å². The van der Waals surface area contributed by atoms with Crippen LogP contribution in [0.2, 0.25) is 10.0 Å². The zero-order valence-electron chi connectivity index (χ0n) is 16.6. The summed E-state index contributed by atoms with van der Waals surface area (Å²) in [6, 6.07) is 5.30. The predicted molar refractivity (Wildman–Crippen MR) is 115 cm³/mol. The summed E-state index contributed by atoms with van der Waals surface area (Å²) in [4.78, 5) is 30.9. The van der Waals surface area contributed by atoms with Gasteiger partial charge in [-0.2, -0.15) is 4.98 Å². The summed E-state index contributed by atoms with van der Waals surface area (Å²) in [5.74, 6) is 0.646. The fourth-order valence-corrected chi connectivity index (χ4v) is 4.25. The molecule has 0 aliphatic heterocycles. The lowest BCUT2D eigenvalue weighted by Gasteiger charge is -2.12. The molecule has 0 aliphatic rings. The third-order valence-corrected chi connectivity index (χ3v) is 6.19. The van der Waals surface area contributed by atoms with Crippen molar-refractivity contribution in [3.8, 4) is 0 Å². The van der Waals surface area contributed by atoms with Crippen LogP contribution in [-0.4, -0.2) is 23.1 Å². The van der Waals surface area contributed by atoms with Crippen molar-refractivity contribution in [3.63, 3.8) is 0 Å². The van der Waals surface area contributed by atoms with Gasteiger partial charge >= 0.3 is 5.69 Å². The van der Waals surface area contributed by atoms with Crippen LogP contribution < -0.4 is 11.2 Å². The van der Waals surface area contributed by atoms with Crippen LogP contribution in [0.5, 0.6) is 0 Å². The summed E-state index contributed by atoms with van der Waals surface area (Å²) in [6.45, 7) is 6.16. The third kappa shape index (κ3) is 2.91. The molecule has 1 aromatic carbocycles. The quantitative estimate of drug-likeness (QED) is 0.491. The number of fused-ring (bicyclic) bond motifs is 3. The lowest BCUT2D eigenvalue weighted by atomic mass is 10.2. The molecule has 0 saturated carbocycles.